The van der Waals surface area contributed by atoms with E-state index in [-0.39, 0.29) is 12.1 Å². The Morgan fingerprint density at radius 2 is 1.88 bits per heavy atom. The lowest BCUT2D eigenvalue weighted by Crippen LogP contribution is -2.44. The quantitative estimate of drug-likeness (QED) is 0.685. The van der Waals surface area contributed by atoms with E-state index < -0.39 is 0 Å². The molecular formula is C19H16Cl2N4O. The van der Waals surface area contributed by atoms with Gasteiger partial charge >= 0.3 is 6.03 Å². The van der Waals surface area contributed by atoms with Crippen LogP contribution in [0.25, 0.3) is 0 Å². The Balaban J connectivity index is 1.65. The summed E-state index contributed by atoms with van der Waals surface area (Å²) in [6.07, 6.45) is 5.52. The van der Waals surface area contributed by atoms with Crippen LogP contribution in [-0.2, 0) is 6.54 Å². The van der Waals surface area contributed by atoms with Gasteiger partial charge in [0.25, 0.3) is 0 Å². The summed E-state index contributed by atoms with van der Waals surface area (Å²) in [6.45, 7) is 1.35. The molecule has 3 heterocycles. The summed E-state index contributed by atoms with van der Waals surface area (Å²) in [5.74, 6) is 0. The second kappa shape index (κ2) is 7.02. The third-order valence-corrected chi connectivity index (χ3v) is 5.23. The summed E-state index contributed by atoms with van der Waals surface area (Å²) >= 11 is 12.0. The summed E-state index contributed by atoms with van der Waals surface area (Å²) in [6, 6.07) is 12.6. The number of benzene rings is 1. The predicted octanol–water partition coefficient (Wildman–Crippen LogP) is 4.83. The van der Waals surface area contributed by atoms with Crippen molar-refractivity contribution >= 4 is 34.9 Å². The molecule has 0 saturated carbocycles. The fraction of sp³-hybridized carbons (Fsp3) is 0.158. The molecule has 2 amide bonds. The van der Waals surface area contributed by atoms with Crippen LogP contribution in [0.15, 0.2) is 61.1 Å². The highest BCUT2D eigenvalue weighted by atomic mass is 35.5. The van der Waals surface area contributed by atoms with Gasteiger partial charge in [0, 0.05) is 43.1 Å². The van der Waals surface area contributed by atoms with Crippen LogP contribution in [0.4, 0.5) is 10.5 Å². The number of pyridine rings is 1. The highest BCUT2D eigenvalue weighted by molar-refractivity contribution is 6.42. The first kappa shape index (κ1) is 16.9. The predicted molar refractivity (Wildman–Crippen MR) is 103 cm³/mol. The van der Waals surface area contributed by atoms with Gasteiger partial charge in [0.1, 0.15) is 0 Å². The first-order valence-corrected chi connectivity index (χ1v) is 8.97. The molecule has 0 saturated heterocycles. The average Bonchev–Trinajstić information content (AvgIpc) is 3.13. The van der Waals surface area contributed by atoms with Crippen molar-refractivity contribution < 1.29 is 4.79 Å². The lowest BCUT2D eigenvalue weighted by atomic mass is 10.0. The smallest absolute Gasteiger partial charge is 0.322 e. The van der Waals surface area contributed by atoms with Gasteiger partial charge in [0.15, 0.2) is 0 Å². The number of carbonyl (C=O) groups excluding carboxylic acids is 1. The van der Waals surface area contributed by atoms with Crippen LogP contribution in [0.3, 0.4) is 0 Å². The molecule has 1 aliphatic heterocycles. The molecule has 1 aromatic carbocycles. The molecule has 0 fully saturated rings. The van der Waals surface area contributed by atoms with Crippen molar-refractivity contribution in [3.8, 4) is 0 Å². The van der Waals surface area contributed by atoms with Crippen LogP contribution < -0.4 is 5.32 Å². The number of fused-ring (bicyclic) bond motifs is 1. The topological polar surface area (TPSA) is 50.2 Å². The average molecular weight is 387 g/mol. The first-order valence-electron chi connectivity index (χ1n) is 8.21. The van der Waals surface area contributed by atoms with E-state index in [9.17, 15) is 4.79 Å². The Hall–Kier alpha value is -2.50. The Kier molecular flexibility index (Phi) is 4.57. The van der Waals surface area contributed by atoms with Crippen molar-refractivity contribution in [3.05, 3.63) is 82.4 Å². The molecule has 0 aliphatic carbocycles. The molecule has 0 radical (unpaired) electrons. The zero-order chi connectivity index (χ0) is 18.1. The maximum Gasteiger partial charge on any atom is 0.322 e. The summed E-state index contributed by atoms with van der Waals surface area (Å²) in [5, 5.41) is 3.78. The standard InChI is InChI=1S/C19H16Cl2N4O/c20-15-4-3-14(12-16(15)21)23-19(26)25-11-10-24-9-1-2-17(24)18(25)13-5-7-22-8-6-13/h1-9,12,18H,10-11H2,(H,23,26)/t18-/m1/s1. The van der Waals surface area contributed by atoms with Gasteiger partial charge in [-0.05, 0) is 48.0 Å². The van der Waals surface area contributed by atoms with Crippen molar-refractivity contribution in [2.45, 2.75) is 12.6 Å². The third-order valence-electron chi connectivity index (χ3n) is 4.49. The van der Waals surface area contributed by atoms with E-state index in [2.05, 4.69) is 14.9 Å². The molecule has 132 valence electrons. The maximum atomic E-state index is 13.0. The SMILES string of the molecule is O=C(Nc1ccc(Cl)c(Cl)c1)N1CCn2cccc2[C@H]1c1ccncc1. The van der Waals surface area contributed by atoms with E-state index in [1.54, 1.807) is 30.6 Å². The van der Waals surface area contributed by atoms with Crippen molar-refractivity contribution in [2.24, 2.45) is 0 Å². The maximum absolute atomic E-state index is 13.0. The molecule has 3 aromatic rings. The number of nitrogens with zero attached hydrogens (tertiary/aromatic N) is 3. The van der Waals surface area contributed by atoms with Gasteiger partial charge in [-0.2, -0.15) is 0 Å². The van der Waals surface area contributed by atoms with E-state index in [4.69, 9.17) is 23.2 Å². The Morgan fingerprint density at radius 1 is 1.08 bits per heavy atom. The minimum absolute atomic E-state index is 0.176. The lowest BCUT2D eigenvalue weighted by molar-refractivity contribution is 0.182. The van der Waals surface area contributed by atoms with E-state index in [1.165, 1.54) is 0 Å². The summed E-state index contributed by atoms with van der Waals surface area (Å²) in [4.78, 5) is 18.9. The minimum atomic E-state index is -0.183. The lowest BCUT2D eigenvalue weighted by Gasteiger charge is -2.37. The molecule has 26 heavy (non-hydrogen) atoms. The van der Waals surface area contributed by atoms with Crippen LogP contribution in [-0.4, -0.2) is 27.0 Å². The first-order chi connectivity index (χ1) is 12.6. The van der Waals surface area contributed by atoms with Gasteiger partial charge in [-0.3, -0.25) is 4.98 Å². The third kappa shape index (κ3) is 3.16. The number of halogens is 2. The molecule has 2 aromatic heterocycles. The summed E-state index contributed by atoms with van der Waals surface area (Å²) in [5.41, 5.74) is 2.70. The molecule has 4 rings (SSSR count). The molecule has 1 atom stereocenters. The highest BCUT2D eigenvalue weighted by Crippen LogP contribution is 2.33. The number of nitrogens with one attached hydrogen (secondary N) is 1. The van der Waals surface area contributed by atoms with Crippen molar-refractivity contribution in [1.82, 2.24) is 14.5 Å². The summed E-state index contributed by atoms with van der Waals surface area (Å²) < 4.78 is 2.17. The molecule has 1 N–H and O–H groups in total. The Bertz CT molecular complexity index is 942. The number of hydrogen-bond acceptors (Lipinski definition) is 2. The van der Waals surface area contributed by atoms with E-state index in [0.717, 1.165) is 17.8 Å². The number of urea groups is 1. The molecule has 0 bridgehead atoms. The van der Waals surface area contributed by atoms with Crippen molar-refractivity contribution in [3.63, 3.8) is 0 Å². The van der Waals surface area contributed by atoms with Gasteiger partial charge in [0.05, 0.1) is 16.1 Å². The molecule has 7 heteroatoms. The Labute approximate surface area is 161 Å². The van der Waals surface area contributed by atoms with Crippen LogP contribution in [0.5, 0.6) is 0 Å². The second-order valence-electron chi connectivity index (χ2n) is 6.06. The van der Waals surface area contributed by atoms with E-state index >= 15 is 0 Å². The number of rotatable bonds is 2. The van der Waals surface area contributed by atoms with Gasteiger partial charge < -0.3 is 14.8 Å². The van der Waals surface area contributed by atoms with E-state index in [1.807, 2.05) is 35.4 Å². The van der Waals surface area contributed by atoms with Crippen LogP contribution >= 0.6 is 23.2 Å². The largest absolute Gasteiger partial charge is 0.348 e. The number of amides is 2. The normalized spacial score (nSPS) is 16.2. The monoisotopic (exact) mass is 386 g/mol. The number of hydrogen-bond donors (Lipinski definition) is 1. The summed E-state index contributed by atoms with van der Waals surface area (Å²) in [7, 11) is 0. The van der Waals surface area contributed by atoms with Crippen LogP contribution in [0, 0.1) is 0 Å². The fourth-order valence-corrected chi connectivity index (χ4v) is 3.57. The Morgan fingerprint density at radius 3 is 2.65 bits per heavy atom. The second-order valence-corrected chi connectivity index (χ2v) is 6.88. The number of anilines is 1. The van der Waals surface area contributed by atoms with E-state index in [0.29, 0.717) is 22.3 Å². The van der Waals surface area contributed by atoms with Gasteiger partial charge in [-0.25, -0.2) is 4.79 Å². The van der Waals surface area contributed by atoms with Crippen molar-refractivity contribution in [1.29, 1.82) is 0 Å². The van der Waals surface area contributed by atoms with Crippen LogP contribution in [0.1, 0.15) is 17.3 Å². The number of carbonyl (C=O) groups is 1. The highest BCUT2D eigenvalue weighted by Gasteiger charge is 2.32. The molecular weight excluding hydrogens is 371 g/mol. The molecule has 1 aliphatic rings. The van der Waals surface area contributed by atoms with Gasteiger partial charge in [-0.15, -0.1) is 0 Å². The zero-order valence-corrected chi connectivity index (χ0v) is 15.3. The minimum Gasteiger partial charge on any atom is -0.348 e. The van der Waals surface area contributed by atoms with Gasteiger partial charge in [0.2, 0.25) is 0 Å². The fourth-order valence-electron chi connectivity index (χ4n) is 3.27. The molecule has 5 nitrogen and oxygen atoms in total. The van der Waals surface area contributed by atoms with Crippen LogP contribution in [0.2, 0.25) is 10.0 Å². The zero-order valence-electron chi connectivity index (χ0n) is 13.8. The van der Waals surface area contributed by atoms with Gasteiger partial charge in [-0.1, -0.05) is 23.2 Å². The molecule has 0 unspecified atom stereocenters. The number of aromatic nitrogens is 2. The van der Waals surface area contributed by atoms with Crippen molar-refractivity contribution in [2.75, 3.05) is 11.9 Å². The molecule has 0 spiro atoms.